The largest absolute Gasteiger partial charge is 0.494 e. The number of rotatable bonds is 6. The van der Waals surface area contributed by atoms with Crippen molar-refractivity contribution in [3.63, 3.8) is 0 Å². The number of aromatic nitrogens is 1. The van der Waals surface area contributed by atoms with Crippen LogP contribution in [0.1, 0.15) is 35.8 Å². The monoisotopic (exact) mass is 340 g/mol. The van der Waals surface area contributed by atoms with Gasteiger partial charge in [-0.1, -0.05) is 12.1 Å². The average molecular weight is 340 g/mol. The zero-order valence-electron chi connectivity index (χ0n) is 14.6. The molecule has 0 radical (unpaired) electrons. The molecular formula is C20H24N2O3. The summed E-state index contributed by atoms with van der Waals surface area (Å²) in [5.41, 5.74) is 1.62. The summed E-state index contributed by atoms with van der Waals surface area (Å²) in [5, 5.41) is 0. The first kappa shape index (κ1) is 17.4. The van der Waals surface area contributed by atoms with Gasteiger partial charge in [-0.15, -0.1) is 0 Å². The van der Waals surface area contributed by atoms with Crippen LogP contribution < -0.4 is 4.74 Å². The molecule has 2 heterocycles. The fourth-order valence-corrected chi connectivity index (χ4v) is 2.98. The highest BCUT2D eigenvalue weighted by molar-refractivity contribution is 5.94. The molecule has 1 aromatic heterocycles. The second-order valence-corrected chi connectivity index (χ2v) is 6.08. The molecule has 0 aliphatic carbocycles. The Hall–Kier alpha value is -2.40. The lowest BCUT2D eigenvalue weighted by Crippen LogP contribution is -2.40. The van der Waals surface area contributed by atoms with E-state index in [0.717, 1.165) is 24.3 Å². The summed E-state index contributed by atoms with van der Waals surface area (Å²) in [7, 11) is 0. The van der Waals surface area contributed by atoms with Gasteiger partial charge in [0, 0.05) is 24.8 Å². The number of amides is 1. The number of carbonyl (C=O) groups excluding carboxylic acids is 1. The van der Waals surface area contributed by atoms with Crippen molar-refractivity contribution in [3.05, 3.63) is 59.9 Å². The number of hydrogen-bond donors (Lipinski definition) is 0. The summed E-state index contributed by atoms with van der Waals surface area (Å²) in [4.78, 5) is 18.8. The van der Waals surface area contributed by atoms with Crippen LogP contribution in [0.25, 0.3) is 0 Å². The molecule has 5 nitrogen and oxygen atoms in total. The third-order valence-corrected chi connectivity index (χ3v) is 4.31. The van der Waals surface area contributed by atoms with E-state index in [-0.39, 0.29) is 12.0 Å². The number of ether oxygens (including phenoxy) is 2. The Labute approximate surface area is 148 Å². The molecule has 1 amide bonds. The second-order valence-electron chi connectivity index (χ2n) is 6.08. The first-order chi connectivity index (χ1) is 12.3. The molecule has 0 saturated carbocycles. The van der Waals surface area contributed by atoms with Crippen LogP contribution >= 0.6 is 0 Å². The van der Waals surface area contributed by atoms with E-state index in [2.05, 4.69) is 4.98 Å². The first-order valence-electron chi connectivity index (χ1n) is 8.80. The fourth-order valence-electron chi connectivity index (χ4n) is 2.98. The Morgan fingerprint density at radius 3 is 2.76 bits per heavy atom. The minimum Gasteiger partial charge on any atom is -0.494 e. The number of pyridine rings is 1. The molecule has 0 bridgehead atoms. The lowest BCUT2D eigenvalue weighted by Gasteiger charge is -2.32. The van der Waals surface area contributed by atoms with E-state index in [1.165, 1.54) is 0 Å². The van der Waals surface area contributed by atoms with Crippen LogP contribution in [0, 0.1) is 0 Å². The second kappa shape index (κ2) is 8.62. The standard InChI is InChI=1S/C20H24N2O3/c1-2-24-19-8-5-6-16(14-19)20(23)22-12-9-18(10-13-22)25-15-17-7-3-4-11-21-17/h3-8,11,14,18H,2,9-10,12-13,15H2,1H3. The SMILES string of the molecule is CCOc1cccc(C(=O)N2CCC(OCc3ccccn3)CC2)c1. The van der Waals surface area contributed by atoms with Crippen LogP contribution in [0.2, 0.25) is 0 Å². The van der Waals surface area contributed by atoms with Gasteiger partial charge >= 0.3 is 0 Å². The van der Waals surface area contributed by atoms with Crippen LogP contribution in [0.15, 0.2) is 48.7 Å². The average Bonchev–Trinajstić information content (AvgIpc) is 2.67. The molecule has 0 spiro atoms. The van der Waals surface area contributed by atoms with Gasteiger partial charge in [-0.3, -0.25) is 9.78 Å². The molecule has 1 aromatic carbocycles. The zero-order valence-corrected chi connectivity index (χ0v) is 14.6. The van der Waals surface area contributed by atoms with Crippen molar-refractivity contribution in [1.29, 1.82) is 0 Å². The molecule has 1 aliphatic rings. The summed E-state index contributed by atoms with van der Waals surface area (Å²) < 4.78 is 11.4. The Bertz CT molecular complexity index is 682. The summed E-state index contributed by atoms with van der Waals surface area (Å²) in [6.07, 6.45) is 3.66. The highest BCUT2D eigenvalue weighted by Crippen LogP contribution is 2.20. The van der Waals surface area contributed by atoms with Gasteiger partial charge in [0.05, 0.1) is 25.0 Å². The number of piperidine rings is 1. The molecule has 2 aromatic rings. The normalized spacial score (nSPS) is 15.2. The predicted octanol–water partition coefficient (Wildman–Crippen LogP) is 3.30. The van der Waals surface area contributed by atoms with E-state index in [0.29, 0.717) is 31.9 Å². The third-order valence-electron chi connectivity index (χ3n) is 4.31. The quantitative estimate of drug-likeness (QED) is 0.810. The minimum absolute atomic E-state index is 0.0599. The van der Waals surface area contributed by atoms with E-state index in [1.54, 1.807) is 6.20 Å². The van der Waals surface area contributed by atoms with Crippen molar-refractivity contribution in [2.45, 2.75) is 32.5 Å². The summed E-state index contributed by atoms with van der Waals surface area (Å²) >= 11 is 0. The summed E-state index contributed by atoms with van der Waals surface area (Å²) in [5.74, 6) is 0.798. The van der Waals surface area contributed by atoms with Crippen LogP contribution in [0.5, 0.6) is 5.75 Å². The fraction of sp³-hybridized carbons (Fsp3) is 0.400. The Kier molecular flexibility index (Phi) is 6.01. The van der Waals surface area contributed by atoms with Crippen molar-refractivity contribution in [1.82, 2.24) is 9.88 Å². The summed E-state index contributed by atoms with van der Waals surface area (Å²) in [6, 6.07) is 13.2. The molecule has 0 atom stereocenters. The molecule has 1 saturated heterocycles. The highest BCUT2D eigenvalue weighted by Gasteiger charge is 2.24. The number of nitrogens with zero attached hydrogens (tertiary/aromatic N) is 2. The molecule has 25 heavy (non-hydrogen) atoms. The van der Waals surface area contributed by atoms with Gasteiger partial charge in [0.25, 0.3) is 5.91 Å². The van der Waals surface area contributed by atoms with Crippen LogP contribution in [0.3, 0.4) is 0 Å². The Balaban J connectivity index is 1.50. The molecule has 5 heteroatoms. The van der Waals surface area contributed by atoms with E-state index in [4.69, 9.17) is 9.47 Å². The van der Waals surface area contributed by atoms with E-state index in [9.17, 15) is 4.79 Å². The smallest absolute Gasteiger partial charge is 0.253 e. The number of benzene rings is 1. The number of hydrogen-bond acceptors (Lipinski definition) is 4. The van der Waals surface area contributed by atoms with E-state index in [1.807, 2.05) is 54.3 Å². The number of likely N-dealkylation sites (tertiary alicyclic amines) is 1. The maximum Gasteiger partial charge on any atom is 0.253 e. The molecule has 0 unspecified atom stereocenters. The topological polar surface area (TPSA) is 51.7 Å². The Morgan fingerprint density at radius 2 is 2.04 bits per heavy atom. The van der Waals surface area contributed by atoms with Crippen LogP contribution in [-0.4, -0.2) is 41.6 Å². The van der Waals surface area contributed by atoms with Gasteiger partial charge in [0.15, 0.2) is 0 Å². The molecule has 3 rings (SSSR count). The highest BCUT2D eigenvalue weighted by atomic mass is 16.5. The summed E-state index contributed by atoms with van der Waals surface area (Å²) in [6.45, 7) is 4.48. The van der Waals surface area contributed by atoms with E-state index >= 15 is 0 Å². The third kappa shape index (κ3) is 4.79. The van der Waals surface area contributed by atoms with Crippen molar-refractivity contribution in [2.24, 2.45) is 0 Å². The predicted molar refractivity (Wildman–Crippen MR) is 95.6 cm³/mol. The Morgan fingerprint density at radius 1 is 1.20 bits per heavy atom. The minimum atomic E-state index is 0.0599. The lowest BCUT2D eigenvalue weighted by molar-refractivity contribution is -0.00161. The van der Waals surface area contributed by atoms with Crippen LogP contribution in [0.4, 0.5) is 0 Å². The molecule has 132 valence electrons. The van der Waals surface area contributed by atoms with Gasteiger partial charge in [0.2, 0.25) is 0 Å². The first-order valence-corrected chi connectivity index (χ1v) is 8.80. The van der Waals surface area contributed by atoms with Gasteiger partial charge in [-0.25, -0.2) is 0 Å². The zero-order chi connectivity index (χ0) is 17.5. The number of carbonyl (C=O) groups is 1. The molecular weight excluding hydrogens is 316 g/mol. The van der Waals surface area contributed by atoms with Crippen molar-refractivity contribution >= 4 is 5.91 Å². The van der Waals surface area contributed by atoms with E-state index < -0.39 is 0 Å². The maximum atomic E-state index is 12.7. The lowest BCUT2D eigenvalue weighted by atomic mass is 10.1. The van der Waals surface area contributed by atoms with Gasteiger partial charge in [-0.2, -0.15) is 0 Å². The van der Waals surface area contributed by atoms with Gasteiger partial charge < -0.3 is 14.4 Å². The van der Waals surface area contributed by atoms with Gasteiger partial charge in [-0.05, 0) is 50.1 Å². The molecule has 0 N–H and O–H groups in total. The molecule has 1 aliphatic heterocycles. The van der Waals surface area contributed by atoms with Crippen LogP contribution in [-0.2, 0) is 11.3 Å². The maximum absolute atomic E-state index is 12.7. The van der Waals surface area contributed by atoms with Crippen molar-refractivity contribution in [2.75, 3.05) is 19.7 Å². The van der Waals surface area contributed by atoms with Crippen molar-refractivity contribution in [3.8, 4) is 5.75 Å². The van der Waals surface area contributed by atoms with Gasteiger partial charge in [0.1, 0.15) is 5.75 Å². The molecule has 1 fully saturated rings. The van der Waals surface area contributed by atoms with Crippen molar-refractivity contribution < 1.29 is 14.3 Å².